The van der Waals surface area contributed by atoms with E-state index in [1.807, 2.05) is 0 Å². The SMILES string of the molecule is CC1CCc2ccccc2N1c1nccc(N)n1. The van der Waals surface area contributed by atoms with Crippen molar-refractivity contribution in [2.24, 2.45) is 0 Å². The highest BCUT2D eigenvalue weighted by Gasteiger charge is 2.25. The van der Waals surface area contributed by atoms with Gasteiger partial charge in [-0.3, -0.25) is 0 Å². The van der Waals surface area contributed by atoms with E-state index in [-0.39, 0.29) is 0 Å². The lowest BCUT2D eigenvalue weighted by molar-refractivity contribution is 0.608. The fraction of sp³-hybridized carbons (Fsp3) is 0.286. The molecule has 0 saturated carbocycles. The Hall–Kier alpha value is -2.10. The number of nitrogen functional groups attached to an aromatic ring is 1. The molecule has 92 valence electrons. The number of para-hydroxylation sites is 1. The number of rotatable bonds is 1. The van der Waals surface area contributed by atoms with Gasteiger partial charge in [-0.2, -0.15) is 4.98 Å². The third-order valence-electron chi connectivity index (χ3n) is 3.40. The third-order valence-corrected chi connectivity index (χ3v) is 3.40. The number of nitrogens with two attached hydrogens (primary N) is 1. The zero-order valence-electron chi connectivity index (χ0n) is 10.4. The summed E-state index contributed by atoms with van der Waals surface area (Å²) < 4.78 is 0. The maximum absolute atomic E-state index is 5.75. The molecule has 4 nitrogen and oxygen atoms in total. The number of aryl methyl sites for hydroxylation is 1. The molecule has 1 unspecified atom stereocenters. The van der Waals surface area contributed by atoms with Gasteiger partial charge < -0.3 is 10.6 Å². The summed E-state index contributed by atoms with van der Waals surface area (Å²) in [5.41, 5.74) is 8.30. The predicted octanol–water partition coefficient (Wildman–Crippen LogP) is 2.53. The molecule has 0 fully saturated rings. The van der Waals surface area contributed by atoms with Crippen molar-refractivity contribution in [2.45, 2.75) is 25.8 Å². The van der Waals surface area contributed by atoms with E-state index in [0.717, 1.165) is 12.8 Å². The van der Waals surface area contributed by atoms with Crippen LogP contribution < -0.4 is 10.6 Å². The Bertz CT molecular complexity index is 567. The van der Waals surface area contributed by atoms with Crippen molar-refractivity contribution < 1.29 is 0 Å². The van der Waals surface area contributed by atoms with Crippen molar-refractivity contribution >= 4 is 17.5 Å². The summed E-state index contributed by atoms with van der Waals surface area (Å²) in [6.45, 7) is 2.20. The van der Waals surface area contributed by atoms with E-state index in [1.165, 1.54) is 11.3 Å². The molecule has 3 rings (SSSR count). The van der Waals surface area contributed by atoms with Crippen LogP contribution in [0.25, 0.3) is 0 Å². The molecule has 2 N–H and O–H groups in total. The first kappa shape index (κ1) is 11.0. The molecule has 0 amide bonds. The lowest BCUT2D eigenvalue weighted by atomic mass is 9.97. The fourth-order valence-electron chi connectivity index (χ4n) is 2.47. The molecular formula is C14H16N4. The number of fused-ring (bicyclic) bond motifs is 1. The normalized spacial score (nSPS) is 18.5. The highest BCUT2D eigenvalue weighted by Crippen LogP contribution is 2.34. The number of hydrogen-bond acceptors (Lipinski definition) is 4. The lowest BCUT2D eigenvalue weighted by Crippen LogP contribution is -2.34. The molecule has 0 saturated heterocycles. The summed E-state index contributed by atoms with van der Waals surface area (Å²) in [7, 11) is 0. The average Bonchev–Trinajstić information content (AvgIpc) is 2.38. The molecule has 0 radical (unpaired) electrons. The van der Waals surface area contributed by atoms with Crippen LogP contribution in [0.5, 0.6) is 0 Å². The maximum atomic E-state index is 5.75. The number of aromatic nitrogens is 2. The lowest BCUT2D eigenvalue weighted by Gasteiger charge is -2.35. The van der Waals surface area contributed by atoms with Crippen molar-refractivity contribution in [3.63, 3.8) is 0 Å². The summed E-state index contributed by atoms with van der Waals surface area (Å²) in [5, 5.41) is 0. The molecule has 2 heterocycles. The largest absolute Gasteiger partial charge is 0.384 e. The van der Waals surface area contributed by atoms with E-state index in [4.69, 9.17) is 5.73 Å². The molecule has 0 spiro atoms. The van der Waals surface area contributed by atoms with E-state index in [0.29, 0.717) is 17.8 Å². The minimum absolute atomic E-state index is 0.390. The van der Waals surface area contributed by atoms with Crippen molar-refractivity contribution in [1.82, 2.24) is 9.97 Å². The van der Waals surface area contributed by atoms with Crippen LogP contribution in [0.4, 0.5) is 17.5 Å². The maximum Gasteiger partial charge on any atom is 0.232 e. The standard InChI is InChI=1S/C14H16N4/c1-10-6-7-11-4-2-3-5-12(11)18(10)14-16-9-8-13(15)17-14/h2-5,8-10H,6-7H2,1H3,(H2,15,16,17). The Morgan fingerprint density at radius 1 is 1.28 bits per heavy atom. The van der Waals surface area contributed by atoms with Gasteiger partial charge in [0.2, 0.25) is 5.95 Å². The first-order valence-electron chi connectivity index (χ1n) is 6.21. The average molecular weight is 240 g/mol. The molecule has 1 aliphatic rings. The van der Waals surface area contributed by atoms with Gasteiger partial charge in [0.25, 0.3) is 0 Å². The molecule has 18 heavy (non-hydrogen) atoms. The van der Waals surface area contributed by atoms with E-state index in [1.54, 1.807) is 12.3 Å². The molecule has 4 heteroatoms. The van der Waals surface area contributed by atoms with Gasteiger partial charge in [-0.1, -0.05) is 18.2 Å². The molecule has 1 atom stereocenters. The van der Waals surface area contributed by atoms with E-state index >= 15 is 0 Å². The second-order valence-electron chi connectivity index (χ2n) is 4.67. The molecule has 1 aromatic heterocycles. The van der Waals surface area contributed by atoms with E-state index in [2.05, 4.69) is 46.1 Å². The topological polar surface area (TPSA) is 55.0 Å². The highest BCUT2D eigenvalue weighted by molar-refractivity contribution is 5.64. The molecule has 0 aliphatic carbocycles. The number of anilines is 3. The van der Waals surface area contributed by atoms with Crippen LogP contribution in [0.2, 0.25) is 0 Å². The zero-order valence-corrected chi connectivity index (χ0v) is 10.4. The van der Waals surface area contributed by atoms with Gasteiger partial charge in [0, 0.05) is 17.9 Å². The van der Waals surface area contributed by atoms with Crippen molar-refractivity contribution in [3.05, 3.63) is 42.1 Å². The third kappa shape index (κ3) is 1.79. The molecule has 1 aromatic carbocycles. The van der Waals surface area contributed by atoms with Gasteiger partial charge in [0.15, 0.2) is 0 Å². The Balaban J connectivity index is 2.10. The summed E-state index contributed by atoms with van der Waals surface area (Å²) >= 11 is 0. The molecule has 1 aliphatic heterocycles. The summed E-state index contributed by atoms with van der Waals surface area (Å²) in [5.74, 6) is 1.20. The molecule has 0 bridgehead atoms. The van der Waals surface area contributed by atoms with Crippen LogP contribution in [-0.2, 0) is 6.42 Å². The van der Waals surface area contributed by atoms with Crippen molar-refractivity contribution in [2.75, 3.05) is 10.6 Å². The first-order valence-corrected chi connectivity index (χ1v) is 6.21. The Kier molecular flexibility index (Phi) is 2.63. The zero-order chi connectivity index (χ0) is 12.5. The van der Waals surface area contributed by atoms with Gasteiger partial charge >= 0.3 is 0 Å². The summed E-state index contributed by atoms with van der Waals surface area (Å²) in [6, 6.07) is 10.5. The minimum atomic E-state index is 0.390. The van der Waals surface area contributed by atoms with Gasteiger partial charge in [-0.15, -0.1) is 0 Å². The monoisotopic (exact) mass is 240 g/mol. The summed E-state index contributed by atoms with van der Waals surface area (Å²) in [4.78, 5) is 10.9. The number of nitrogens with zero attached hydrogens (tertiary/aromatic N) is 3. The van der Waals surface area contributed by atoms with Crippen LogP contribution in [0.1, 0.15) is 18.9 Å². The van der Waals surface area contributed by atoms with Gasteiger partial charge in [0.05, 0.1) is 0 Å². The predicted molar refractivity (Wildman–Crippen MR) is 72.8 cm³/mol. The second kappa shape index (κ2) is 4.29. The van der Waals surface area contributed by atoms with Gasteiger partial charge in [-0.25, -0.2) is 4.98 Å². The highest BCUT2D eigenvalue weighted by atomic mass is 15.3. The van der Waals surface area contributed by atoms with Crippen molar-refractivity contribution in [3.8, 4) is 0 Å². The van der Waals surface area contributed by atoms with E-state index < -0.39 is 0 Å². The van der Waals surface area contributed by atoms with Crippen molar-refractivity contribution in [1.29, 1.82) is 0 Å². The smallest absolute Gasteiger partial charge is 0.232 e. The van der Waals surface area contributed by atoms with Gasteiger partial charge in [0.1, 0.15) is 5.82 Å². The summed E-state index contributed by atoms with van der Waals surface area (Å²) in [6.07, 6.45) is 3.92. The number of benzene rings is 1. The van der Waals surface area contributed by atoms with Gasteiger partial charge in [-0.05, 0) is 37.5 Å². The van der Waals surface area contributed by atoms with E-state index in [9.17, 15) is 0 Å². The van der Waals surface area contributed by atoms with Crippen LogP contribution in [0.3, 0.4) is 0 Å². The van der Waals surface area contributed by atoms with Crippen LogP contribution in [0, 0.1) is 0 Å². The Labute approximate surface area is 106 Å². The first-order chi connectivity index (χ1) is 8.75. The quantitative estimate of drug-likeness (QED) is 0.832. The second-order valence-corrected chi connectivity index (χ2v) is 4.67. The Morgan fingerprint density at radius 2 is 2.11 bits per heavy atom. The minimum Gasteiger partial charge on any atom is -0.384 e. The van der Waals surface area contributed by atoms with Crippen LogP contribution in [-0.4, -0.2) is 16.0 Å². The molecule has 2 aromatic rings. The number of hydrogen-bond donors (Lipinski definition) is 1. The Morgan fingerprint density at radius 3 is 2.94 bits per heavy atom. The molecular weight excluding hydrogens is 224 g/mol. The van der Waals surface area contributed by atoms with Crippen LogP contribution in [0.15, 0.2) is 36.5 Å². The fourth-order valence-corrected chi connectivity index (χ4v) is 2.47. The van der Waals surface area contributed by atoms with Crippen LogP contribution >= 0.6 is 0 Å².